The summed E-state index contributed by atoms with van der Waals surface area (Å²) < 4.78 is 47.5. The second-order valence-corrected chi connectivity index (χ2v) is 4.44. The molecular weight excluding hydrogens is 275 g/mol. The number of nitrogens with zero attached hydrogens (tertiary/aromatic N) is 2. The lowest BCUT2D eigenvalue weighted by atomic mass is 10.3. The third kappa shape index (κ3) is 4.61. The normalized spacial score (nSPS) is 19.2. The van der Waals surface area contributed by atoms with E-state index in [0.717, 1.165) is 25.5 Å². The molecule has 1 aromatic heterocycles. The van der Waals surface area contributed by atoms with E-state index < -0.39 is 11.9 Å². The van der Waals surface area contributed by atoms with Crippen molar-refractivity contribution in [3.05, 3.63) is 17.8 Å². The van der Waals surface area contributed by atoms with E-state index in [1.807, 2.05) is 0 Å². The summed E-state index contributed by atoms with van der Waals surface area (Å²) in [5.41, 5.74) is -0.993. The SMILES string of the molecule is FC(F)(F)c1ccc(NCCCOC2CCOC2)nn1. The Morgan fingerprint density at radius 1 is 1.35 bits per heavy atom. The maximum atomic E-state index is 12.3. The Morgan fingerprint density at radius 2 is 2.20 bits per heavy atom. The maximum absolute atomic E-state index is 12.3. The minimum Gasteiger partial charge on any atom is -0.379 e. The topological polar surface area (TPSA) is 56.3 Å². The van der Waals surface area contributed by atoms with Gasteiger partial charge in [-0.1, -0.05) is 0 Å². The quantitative estimate of drug-likeness (QED) is 0.813. The Hall–Kier alpha value is -1.41. The van der Waals surface area contributed by atoms with Gasteiger partial charge in [0.2, 0.25) is 0 Å². The molecule has 20 heavy (non-hydrogen) atoms. The standard InChI is InChI=1S/C12H16F3N3O2/c13-12(14,15)10-2-3-11(18-17-10)16-5-1-6-20-9-4-7-19-8-9/h2-3,9H,1,4-8H2,(H,16,18). The number of hydrogen-bond acceptors (Lipinski definition) is 5. The highest BCUT2D eigenvalue weighted by Crippen LogP contribution is 2.26. The fourth-order valence-electron chi connectivity index (χ4n) is 1.76. The number of alkyl halides is 3. The van der Waals surface area contributed by atoms with Gasteiger partial charge in [0.15, 0.2) is 5.69 Å². The third-order valence-corrected chi connectivity index (χ3v) is 2.82. The molecule has 112 valence electrons. The van der Waals surface area contributed by atoms with Crippen molar-refractivity contribution < 1.29 is 22.6 Å². The summed E-state index contributed by atoms with van der Waals surface area (Å²) >= 11 is 0. The molecule has 1 unspecified atom stereocenters. The lowest BCUT2D eigenvalue weighted by molar-refractivity contribution is -0.141. The molecule has 0 aliphatic carbocycles. The minimum absolute atomic E-state index is 0.167. The van der Waals surface area contributed by atoms with Gasteiger partial charge in [-0.05, 0) is 25.0 Å². The third-order valence-electron chi connectivity index (χ3n) is 2.82. The van der Waals surface area contributed by atoms with Crippen molar-refractivity contribution in [1.82, 2.24) is 10.2 Å². The van der Waals surface area contributed by atoms with E-state index in [2.05, 4.69) is 15.5 Å². The van der Waals surface area contributed by atoms with Crippen LogP contribution in [0.4, 0.5) is 19.0 Å². The maximum Gasteiger partial charge on any atom is 0.435 e. The van der Waals surface area contributed by atoms with E-state index in [0.29, 0.717) is 25.6 Å². The molecule has 0 bridgehead atoms. The first-order valence-corrected chi connectivity index (χ1v) is 6.40. The predicted molar refractivity (Wildman–Crippen MR) is 65.3 cm³/mol. The average Bonchev–Trinajstić information content (AvgIpc) is 2.91. The highest BCUT2D eigenvalue weighted by Gasteiger charge is 2.32. The van der Waals surface area contributed by atoms with E-state index in [1.54, 1.807) is 0 Å². The Bertz CT molecular complexity index is 405. The number of hydrogen-bond donors (Lipinski definition) is 1. The summed E-state index contributed by atoms with van der Waals surface area (Å²) in [6, 6.07) is 2.17. The molecule has 0 radical (unpaired) electrons. The number of aromatic nitrogens is 2. The van der Waals surface area contributed by atoms with Crippen LogP contribution in [-0.4, -0.2) is 42.7 Å². The Labute approximate surface area is 114 Å². The lowest BCUT2D eigenvalue weighted by Gasteiger charge is -2.10. The summed E-state index contributed by atoms with van der Waals surface area (Å²) in [6.07, 6.45) is -2.64. The summed E-state index contributed by atoms with van der Waals surface area (Å²) in [5.74, 6) is 0.321. The van der Waals surface area contributed by atoms with Gasteiger partial charge in [0.05, 0.1) is 12.7 Å². The van der Waals surface area contributed by atoms with E-state index in [1.165, 1.54) is 6.07 Å². The van der Waals surface area contributed by atoms with Crippen molar-refractivity contribution in [3.63, 3.8) is 0 Å². The smallest absolute Gasteiger partial charge is 0.379 e. The molecule has 0 aromatic carbocycles. The van der Waals surface area contributed by atoms with Gasteiger partial charge in [-0.25, -0.2) is 0 Å². The van der Waals surface area contributed by atoms with Crippen LogP contribution in [0.2, 0.25) is 0 Å². The fourth-order valence-corrected chi connectivity index (χ4v) is 1.76. The zero-order chi connectivity index (χ0) is 14.4. The van der Waals surface area contributed by atoms with Crippen LogP contribution in [0, 0.1) is 0 Å². The molecule has 1 aliphatic heterocycles. The number of halogens is 3. The van der Waals surface area contributed by atoms with Crippen LogP contribution in [0.1, 0.15) is 18.5 Å². The van der Waals surface area contributed by atoms with Crippen molar-refractivity contribution in [2.24, 2.45) is 0 Å². The zero-order valence-electron chi connectivity index (χ0n) is 10.8. The van der Waals surface area contributed by atoms with Gasteiger partial charge in [0, 0.05) is 19.8 Å². The summed E-state index contributed by atoms with van der Waals surface area (Å²) in [5, 5.41) is 9.50. The molecule has 0 spiro atoms. The number of ether oxygens (including phenoxy) is 2. The van der Waals surface area contributed by atoms with Crippen molar-refractivity contribution >= 4 is 5.82 Å². The summed E-state index contributed by atoms with van der Waals surface area (Å²) in [7, 11) is 0. The molecule has 5 nitrogen and oxygen atoms in total. The monoisotopic (exact) mass is 291 g/mol. The van der Waals surface area contributed by atoms with Gasteiger partial charge < -0.3 is 14.8 Å². The fraction of sp³-hybridized carbons (Fsp3) is 0.667. The average molecular weight is 291 g/mol. The van der Waals surface area contributed by atoms with Crippen LogP contribution >= 0.6 is 0 Å². The molecule has 2 heterocycles. The van der Waals surface area contributed by atoms with Crippen LogP contribution in [0.3, 0.4) is 0 Å². The molecule has 8 heteroatoms. The molecule has 1 aliphatic rings. The first-order chi connectivity index (χ1) is 9.55. The van der Waals surface area contributed by atoms with E-state index in [-0.39, 0.29) is 6.10 Å². The van der Waals surface area contributed by atoms with Crippen LogP contribution < -0.4 is 5.32 Å². The molecular formula is C12H16F3N3O2. The molecule has 2 rings (SSSR count). The number of anilines is 1. The molecule has 1 atom stereocenters. The molecule has 0 saturated carbocycles. The predicted octanol–water partition coefficient (Wildman–Crippen LogP) is 2.10. The molecule has 1 aromatic rings. The lowest BCUT2D eigenvalue weighted by Crippen LogP contribution is -2.15. The second kappa shape index (κ2) is 6.85. The largest absolute Gasteiger partial charge is 0.435 e. The first-order valence-electron chi connectivity index (χ1n) is 6.40. The molecule has 1 N–H and O–H groups in total. The molecule has 1 saturated heterocycles. The highest BCUT2D eigenvalue weighted by molar-refractivity contribution is 5.33. The number of rotatable bonds is 6. The van der Waals surface area contributed by atoms with E-state index in [4.69, 9.17) is 9.47 Å². The summed E-state index contributed by atoms with van der Waals surface area (Å²) in [6.45, 7) is 2.52. The van der Waals surface area contributed by atoms with Gasteiger partial charge in [-0.3, -0.25) is 0 Å². The van der Waals surface area contributed by atoms with Crippen LogP contribution in [0.5, 0.6) is 0 Å². The number of nitrogens with one attached hydrogen (secondary N) is 1. The van der Waals surface area contributed by atoms with Gasteiger partial charge in [-0.2, -0.15) is 13.2 Å². The Morgan fingerprint density at radius 3 is 2.80 bits per heavy atom. The second-order valence-electron chi connectivity index (χ2n) is 4.44. The van der Waals surface area contributed by atoms with Gasteiger partial charge in [0.1, 0.15) is 5.82 Å². The van der Waals surface area contributed by atoms with Gasteiger partial charge in [-0.15, -0.1) is 10.2 Å². The Kier molecular flexibility index (Phi) is 5.13. The summed E-state index contributed by atoms with van der Waals surface area (Å²) in [4.78, 5) is 0. The van der Waals surface area contributed by atoms with Crippen molar-refractivity contribution in [2.75, 3.05) is 31.7 Å². The van der Waals surface area contributed by atoms with Gasteiger partial charge in [0.25, 0.3) is 0 Å². The molecule has 0 amide bonds. The van der Waals surface area contributed by atoms with Crippen LogP contribution in [0.15, 0.2) is 12.1 Å². The minimum atomic E-state index is -4.46. The molecule has 1 fully saturated rings. The van der Waals surface area contributed by atoms with Gasteiger partial charge >= 0.3 is 6.18 Å². The van der Waals surface area contributed by atoms with Crippen LogP contribution in [-0.2, 0) is 15.7 Å². The highest BCUT2D eigenvalue weighted by atomic mass is 19.4. The van der Waals surface area contributed by atoms with E-state index in [9.17, 15) is 13.2 Å². The van der Waals surface area contributed by atoms with Crippen molar-refractivity contribution in [1.29, 1.82) is 0 Å². The van der Waals surface area contributed by atoms with E-state index >= 15 is 0 Å². The first kappa shape index (κ1) is 15.0. The zero-order valence-corrected chi connectivity index (χ0v) is 10.8. The van der Waals surface area contributed by atoms with Crippen LogP contribution in [0.25, 0.3) is 0 Å². The van der Waals surface area contributed by atoms with Crippen molar-refractivity contribution in [3.8, 4) is 0 Å². The van der Waals surface area contributed by atoms with Crippen molar-refractivity contribution in [2.45, 2.75) is 25.1 Å². The Balaban J connectivity index is 1.64.